The van der Waals surface area contributed by atoms with E-state index in [0.29, 0.717) is 0 Å². The fourth-order valence-corrected chi connectivity index (χ4v) is 4.77. The minimum absolute atomic E-state index is 0.00352. The molecular weight excluding hydrogens is 366 g/mol. The number of rotatable bonds is 1. The summed E-state index contributed by atoms with van der Waals surface area (Å²) in [6, 6.07) is 30.0. The zero-order valence-corrected chi connectivity index (χ0v) is 17.4. The summed E-state index contributed by atoms with van der Waals surface area (Å²) in [5.74, 6) is 0. The Kier molecular flexibility index (Phi) is 3.47. The molecule has 30 heavy (non-hydrogen) atoms. The Morgan fingerprint density at radius 3 is 2.13 bits per heavy atom. The van der Waals surface area contributed by atoms with E-state index in [-0.39, 0.29) is 5.41 Å². The van der Waals surface area contributed by atoms with Crippen molar-refractivity contribution < 1.29 is 4.42 Å². The van der Waals surface area contributed by atoms with Gasteiger partial charge >= 0.3 is 0 Å². The van der Waals surface area contributed by atoms with Crippen molar-refractivity contribution in [3.63, 3.8) is 0 Å². The molecule has 0 saturated carbocycles. The van der Waals surface area contributed by atoms with Crippen LogP contribution >= 0.6 is 0 Å². The average Bonchev–Trinajstić information content (AvgIpc) is 3.29. The molecule has 6 rings (SSSR count). The number of hydrogen-bond donors (Lipinski definition) is 0. The lowest BCUT2D eigenvalue weighted by Gasteiger charge is -2.21. The van der Waals surface area contributed by atoms with E-state index < -0.39 is 0 Å². The maximum absolute atomic E-state index is 6.50. The highest BCUT2D eigenvalue weighted by molar-refractivity contribution is 6.23. The second-order valence-corrected chi connectivity index (χ2v) is 9.06. The van der Waals surface area contributed by atoms with Crippen LogP contribution in [0.3, 0.4) is 0 Å². The number of hydrogen-bond acceptors (Lipinski definition) is 1. The minimum atomic E-state index is -0.00352. The highest BCUT2D eigenvalue weighted by Gasteiger charge is 2.26. The van der Waals surface area contributed by atoms with E-state index in [4.69, 9.17) is 4.42 Å². The molecule has 0 saturated heterocycles. The lowest BCUT2D eigenvalue weighted by atomic mass is 9.83. The molecule has 0 aliphatic carbocycles. The highest BCUT2D eigenvalue weighted by Crippen LogP contribution is 2.45. The van der Waals surface area contributed by atoms with Crippen molar-refractivity contribution in [1.29, 1.82) is 0 Å². The molecule has 2 heterocycles. The number of aromatic nitrogens is 1. The third-order valence-electron chi connectivity index (χ3n) is 6.10. The Morgan fingerprint density at radius 2 is 1.37 bits per heavy atom. The molecule has 0 unspecified atom stereocenters. The van der Waals surface area contributed by atoms with E-state index in [9.17, 15) is 0 Å². The van der Waals surface area contributed by atoms with Crippen molar-refractivity contribution in [2.75, 3.05) is 0 Å². The second kappa shape index (κ2) is 5.99. The van der Waals surface area contributed by atoms with Gasteiger partial charge < -0.3 is 8.98 Å². The van der Waals surface area contributed by atoms with Gasteiger partial charge in [0.1, 0.15) is 5.58 Å². The van der Waals surface area contributed by atoms with E-state index in [2.05, 4.69) is 104 Å². The van der Waals surface area contributed by atoms with Crippen LogP contribution in [0, 0.1) is 0 Å². The van der Waals surface area contributed by atoms with Gasteiger partial charge in [-0.3, -0.25) is 0 Å². The van der Waals surface area contributed by atoms with Crippen LogP contribution in [0.25, 0.3) is 49.4 Å². The summed E-state index contributed by atoms with van der Waals surface area (Å²) in [5.41, 5.74) is 6.75. The Hall–Kier alpha value is -3.52. The second-order valence-electron chi connectivity index (χ2n) is 9.06. The monoisotopic (exact) mass is 389 g/mol. The maximum atomic E-state index is 6.50. The van der Waals surface area contributed by atoms with Crippen LogP contribution in [0.15, 0.2) is 89.3 Å². The van der Waals surface area contributed by atoms with Crippen LogP contribution in [0.5, 0.6) is 0 Å². The van der Waals surface area contributed by atoms with Gasteiger partial charge in [-0.2, -0.15) is 0 Å². The van der Waals surface area contributed by atoms with Gasteiger partial charge in [0, 0.05) is 27.2 Å². The lowest BCUT2D eigenvalue weighted by molar-refractivity contribution is 0.596. The molecule has 0 amide bonds. The normalized spacial score (nSPS) is 12.5. The molecule has 0 bridgehead atoms. The summed E-state index contributed by atoms with van der Waals surface area (Å²) in [5, 5.41) is 4.91. The first kappa shape index (κ1) is 17.3. The SMILES string of the molecule is CC(C)(C)c1cc2c3ccccc3oc2c2c1c1ccccc1n2-c1ccccc1. The fraction of sp³-hybridized carbons (Fsp3) is 0.143. The van der Waals surface area contributed by atoms with E-state index >= 15 is 0 Å². The predicted octanol–water partition coefficient (Wildman–Crippen LogP) is 7.98. The molecule has 2 heteroatoms. The Balaban J connectivity index is 1.97. The molecule has 0 N–H and O–H groups in total. The number of benzene rings is 4. The summed E-state index contributed by atoms with van der Waals surface area (Å²) in [6.45, 7) is 6.89. The third kappa shape index (κ3) is 2.31. The standard InChI is InChI=1S/C28H23NO/c1-28(2,3)22-17-21-19-13-8-10-16-24(19)30-27(21)26-25(22)20-14-7-9-15-23(20)29(26)18-11-5-4-6-12-18/h4-17H,1-3H3. The molecule has 0 aliphatic rings. The van der Waals surface area contributed by atoms with Gasteiger partial charge in [0.25, 0.3) is 0 Å². The van der Waals surface area contributed by atoms with E-state index in [1.807, 2.05) is 6.07 Å². The summed E-state index contributed by atoms with van der Waals surface area (Å²) in [4.78, 5) is 0. The van der Waals surface area contributed by atoms with Crippen molar-refractivity contribution in [2.24, 2.45) is 0 Å². The van der Waals surface area contributed by atoms with Crippen molar-refractivity contribution in [2.45, 2.75) is 26.2 Å². The van der Waals surface area contributed by atoms with Crippen molar-refractivity contribution in [3.8, 4) is 5.69 Å². The van der Waals surface area contributed by atoms with Gasteiger partial charge in [-0.1, -0.05) is 75.4 Å². The van der Waals surface area contributed by atoms with Gasteiger partial charge in [0.2, 0.25) is 0 Å². The van der Waals surface area contributed by atoms with Gasteiger partial charge in [0.15, 0.2) is 5.58 Å². The molecule has 0 fully saturated rings. The topological polar surface area (TPSA) is 18.1 Å². The summed E-state index contributed by atoms with van der Waals surface area (Å²) < 4.78 is 8.87. The van der Waals surface area contributed by atoms with Gasteiger partial charge in [0.05, 0.1) is 11.0 Å². The quantitative estimate of drug-likeness (QED) is 0.279. The summed E-state index contributed by atoms with van der Waals surface area (Å²) in [7, 11) is 0. The molecule has 2 aromatic heterocycles. The first-order valence-electron chi connectivity index (χ1n) is 10.5. The first-order valence-corrected chi connectivity index (χ1v) is 10.5. The van der Waals surface area contributed by atoms with E-state index in [1.54, 1.807) is 0 Å². The lowest BCUT2D eigenvalue weighted by Crippen LogP contribution is -2.11. The van der Waals surface area contributed by atoms with E-state index in [1.165, 1.54) is 32.6 Å². The number of para-hydroxylation sites is 3. The number of fused-ring (bicyclic) bond motifs is 7. The number of furan rings is 1. The molecule has 6 aromatic rings. The zero-order valence-electron chi connectivity index (χ0n) is 17.4. The fourth-order valence-electron chi connectivity index (χ4n) is 4.77. The van der Waals surface area contributed by atoms with Crippen LogP contribution in [0.1, 0.15) is 26.3 Å². The van der Waals surface area contributed by atoms with Crippen LogP contribution in [0.4, 0.5) is 0 Å². The smallest absolute Gasteiger partial charge is 0.160 e. The summed E-state index contributed by atoms with van der Waals surface area (Å²) >= 11 is 0. The van der Waals surface area contributed by atoms with Crippen LogP contribution < -0.4 is 0 Å². The van der Waals surface area contributed by atoms with Crippen molar-refractivity contribution in [3.05, 3.63) is 90.5 Å². The minimum Gasteiger partial charge on any atom is -0.454 e. The van der Waals surface area contributed by atoms with Crippen LogP contribution in [-0.2, 0) is 5.41 Å². The number of nitrogens with zero attached hydrogens (tertiary/aromatic N) is 1. The Bertz CT molecular complexity index is 1560. The van der Waals surface area contributed by atoms with E-state index in [0.717, 1.165) is 22.4 Å². The molecule has 0 aliphatic heterocycles. The van der Waals surface area contributed by atoms with Crippen molar-refractivity contribution >= 4 is 43.7 Å². The first-order chi connectivity index (χ1) is 14.5. The molecule has 0 radical (unpaired) electrons. The third-order valence-corrected chi connectivity index (χ3v) is 6.10. The molecular formula is C28H23NO. The average molecular weight is 389 g/mol. The zero-order chi connectivity index (χ0) is 20.5. The van der Waals surface area contributed by atoms with Crippen LogP contribution in [-0.4, -0.2) is 4.57 Å². The van der Waals surface area contributed by atoms with Gasteiger partial charge in [-0.25, -0.2) is 0 Å². The highest BCUT2D eigenvalue weighted by atomic mass is 16.3. The molecule has 4 aromatic carbocycles. The largest absolute Gasteiger partial charge is 0.454 e. The molecule has 2 nitrogen and oxygen atoms in total. The Morgan fingerprint density at radius 1 is 0.700 bits per heavy atom. The van der Waals surface area contributed by atoms with Gasteiger partial charge in [-0.05, 0) is 41.3 Å². The van der Waals surface area contributed by atoms with Gasteiger partial charge in [-0.15, -0.1) is 0 Å². The Labute approximate surface area is 175 Å². The predicted molar refractivity (Wildman–Crippen MR) is 127 cm³/mol. The van der Waals surface area contributed by atoms with Crippen LogP contribution in [0.2, 0.25) is 0 Å². The molecule has 146 valence electrons. The molecule has 0 spiro atoms. The molecule has 0 atom stereocenters. The maximum Gasteiger partial charge on any atom is 0.160 e. The summed E-state index contributed by atoms with van der Waals surface area (Å²) in [6.07, 6.45) is 0. The van der Waals surface area contributed by atoms with Crippen molar-refractivity contribution in [1.82, 2.24) is 4.57 Å².